The first-order valence-electron chi connectivity index (χ1n) is 5.19. The Morgan fingerprint density at radius 2 is 1.84 bits per heavy atom. The van der Waals surface area contributed by atoms with Gasteiger partial charge in [0.05, 0.1) is 10.0 Å². The Morgan fingerprint density at radius 1 is 1.11 bits per heavy atom. The lowest BCUT2D eigenvalue weighted by Crippen LogP contribution is -2.11. The van der Waals surface area contributed by atoms with Crippen molar-refractivity contribution in [2.24, 2.45) is 0 Å². The van der Waals surface area contributed by atoms with E-state index in [1.54, 1.807) is 36.4 Å². The number of carbonyl (C=O) groups is 1. The van der Waals surface area contributed by atoms with Crippen molar-refractivity contribution in [3.63, 3.8) is 0 Å². The molecule has 0 aliphatic carbocycles. The topological polar surface area (TPSA) is 29.1 Å². The van der Waals surface area contributed by atoms with Crippen LogP contribution in [0.25, 0.3) is 0 Å². The van der Waals surface area contributed by atoms with Crippen LogP contribution in [-0.2, 0) is 0 Å². The first-order valence-corrected chi connectivity index (χ1v) is 7.81. The highest BCUT2D eigenvalue weighted by atomic mass is 127. The monoisotopic (exact) mass is 469 g/mol. The summed E-state index contributed by atoms with van der Waals surface area (Å²) < 4.78 is 1.64. The van der Waals surface area contributed by atoms with Crippen molar-refractivity contribution in [2.45, 2.75) is 0 Å². The minimum Gasteiger partial charge on any atom is -0.322 e. The maximum atomic E-state index is 12.1. The van der Waals surface area contributed by atoms with Gasteiger partial charge in [-0.1, -0.05) is 23.2 Å². The largest absolute Gasteiger partial charge is 0.322 e. The number of rotatable bonds is 2. The van der Waals surface area contributed by atoms with Crippen LogP contribution in [0, 0.1) is 3.57 Å². The standard InChI is InChI=1S/C13H7BrCl2INO/c14-9-6-8(2-3-10(9)15)18-13(19)7-1-4-12(17)11(16)5-7/h1-6H,(H,18,19). The van der Waals surface area contributed by atoms with Gasteiger partial charge in [0.25, 0.3) is 5.91 Å². The van der Waals surface area contributed by atoms with Crippen molar-refractivity contribution in [3.8, 4) is 0 Å². The molecule has 1 amide bonds. The van der Waals surface area contributed by atoms with E-state index < -0.39 is 0 Å². The maximum absolute atomic E-state index is 12.1. The molecule has 0 saturated heterocycles. The van der Waals surface area contributed by atoms with Crippen LogP contribution in [0.3, 0.4) is 0 Å². The second kappa shape index (κ2) is 6.43. The van der Waals surface area contributed by atoms with Crippen molar-refractivity contribution in [3.05, 3.63) is 60.0 Å². The maximum Gasteiger partial charge on any atom is 0.255 e. The van der Waals surface area contributed by atoms with Crippen LogP contribution in [-0.4, -0.2) is 5.91 Å². The third-order valence-electron chi connectivity index (χ3n) is 2.36. The summed E-state index contributed by atoms with van der Waals surface area (Å²) in [5.74, 6) is -0.215. The van der Waals surface area contributed by atoms with Gasteiger partial charge in [-0.2, -0.15) is 0 Å². The van der Waals surface area contributed by atoms with E-state index in [1.807, 2.05) is 0 Å². The van der Waals surface area contributed by atoms with Gasteiger partial charge in [0.2, 0.25) is 0 Å². The van der Waals surface area contributed by atoms with E-state index in [2.05, 4.69) is 43.8 Å². The first kappa shape index (κ1) is 15.1. The molecule has 0 aromatic heterocycles. The Hall–Kier alpha value is -0.300. The number of benzene rings is 2. The number of carbonyl (C=O) groups excluding carboxylic acids is 1. The summed E-state index contributed by atoms with van der Waals surface area (Å²) in [6.07, 6.45) is 0. The van der Waals surface area contributed by atoms with Crippen LogP contribution in [0.2, 0.25) is 10.0 Å². The predicted octanol–water partition coefficient (Wildman–Crippen LogP) is 5.61. The molecule has 0 heterocycles. The van der Waals surface area contributed by atoms with E-state index in [0.717, 1.165) is 8.04 Å². The van der Waals surface area contributed by atoms with Gasteiger partial charge >= 0.3 is 0 Å². The number of nitrogens with one attached hydrogen (secondary N) is 1. The van der Waals surface area contributed by atoms with E-state index in [4.69, 9.17) is 23.2 Å². The van der Waals surface area contributed by atoms with E-state index >= 15 is 0 Å². The number of halogens is 4. The molecule has 2 aromatic carbocycles. The third-order valence-corrected chi connectivity index (χ3v) is 5.15. The van der Waals surface area contributed by atoms with Crippen molar-refractivity contribution in [1.29, 1.82) is 0 Å². The minimum absolute atomic E-state index is 0.215. The van der Waals surface area contributed by atoms with Gasteiger partial charge in [-0.3, -0.25) is 4.79 Å². The molecule has 0 aliphatic heterocycles. The van der Waals surface area contributed by atoms with Gasteiger partial charge in [0, 0.05) is 19.3 Å². The van der Waals surface area contributed by atoms with Gasteiger partial charge in [-0.25, -0.2) is 0 Å². The van der Waals surface area contributed by atoms with Crippen LogP contribution in [0.15, 0.2) is 40.9 Å². The zero-order chi connectivity index (χ0) is 14.0. The Morgan fingerprint density at radius 3 is 2.47 bits per heavy atom. The molecule has 0 saturated carbocycles. The molecular formula is C13H7BrCl2INO. The molecule has 6 heteroatoms. The zero-order valence-corrected chi connectivity index (χ0v) is 14.6. The number of amides is 1. The summed E-state index contributed by atoms with van der Waals surface area (Å²) in [5, 5.41) is 3.94. The highest BCUT2D eigenvalue weighted by molar-refractivity contribution is 14.1. The average Bonchev–Trinajstić information content (AvgIpc) is 2.37. The molecule has 0 atom stereocenters. The lowest BCUT2D eigenvalue weighted by Gasteiger charge is -2.07. The normalized spacial score (nSPS) is 10.3. The lowest BCUT2D eigenvalue weighted by molar-refractivity contribution is 0.102. The van der Waals surface area contributed by atoms with Crippen LogP contribution >= 0.6 is 61.7 Å². The minimum atomic E-state index is -0.215. The van der Waals surface area contributed by atoms with Crippen molar-refractivity contribution in [1.82, 2.24) is 0 Å². The van der Waals surface area contributed by atoms with Gasteiger partial charge in [0.1, 0.15) is 0 Å². The quantitative estimate of drug-likeness (QED) is 0.568. The van der Waals surface area contributed by atoms with Gasteiger partial charge < -0.3 is 5.32 Å². The molecule has 0 radical (unpaired) electrons. The molecule has 0 unspecified atom stereocenters. The number of hydrogen-bond acceptors (Lipinski definition) is 1. The summed E-state index contributed by atoms with van der Waals surface area (Å²) in [5.41, 5.74) is 1.17. The Bertz CT molecular complexity index is 649. The van der Waals surface area contributed by atoms with Crippen LogP contribution in [0.5, 0.6) is 0 Å². The summed E-state index contributed by atoms with van der Waals surface area (Å²) in [4.78, 5) is 12.1. The zero-order valence-electron chi connectivity index (χ0n) is 9.38. The molecule has 0 spiro atoms. The van der Waals surface area contributed by atoms with Crippen LogP contribution < -0.4 is 5.32 Å². The van der Waals surface area contributed by atoms with Crippen molar-refractivity contribution < 1.29 is 4.79 Å². The summed E-state index contributed by atoms with van der Waals surface area (Å²) in [6.45, 7) is 0. The summed E-state index contributed by atoms with van der Waals surface area (Å²) in [7, 11) is 0. The Labute approximate surface area is 142 Å². The highest BCUT2D eigenvalue weighted by Gasteiger charge is 2.09. The van der Waals surface area contributed by atoms with E-state index in [9.17, 15) is 4.79 Å². The average molecular weight is 471 g/mol. The molecule has 2 nitrogen and oxygen atoms in total. The second-order valence-electron chi connectivity index (χ2n) is 3.71. The van der Waals surface area contributed by atoms with Crippen molar-refractivity contribution in [2.75, 3.05) is 5.32 Å². The summed E-state index contributed by atoms with van der Waals surface area (Å²) >= 11 is 17.3. The molecule has 1 N–H and O–H groups in total. The molecule has 2 aromatic rings. The molecule has 0 aliphatic rings. The molecule has 2 rings (SSSR count). The molecule has 98 valence electrons. The fourth-order valence-electron chi connectivity index (χ4n) is 1.41. The number of hydrogen-bond donors (Lipinski definition) is 1. The van der Waals surface area contributed by atoms with E-state index in [0.29, 0.717) is 21.3 Å². The lowest BCUT2D eigenvalue weighted by atomic mass is 10.2. The van der Waals surface area contributed by atoms with Gasteiger partial charge in [0.15, 0.2) is 0 Å². The highest BCUT2D eigenvalue weighted by Crippen LogP contribution is 2.26. The molecule has 0 fully saturated rings. The molecule has 19 heavy (non-hydrogen) atoms. The number of anilines is 1. The Balaban J connectivity index is 2.20. The van der Waals surface area contributed by atoms with Crippen molar-refractivity contribution >= 4 is 73.3 Å². The SMILES string of the molecule is O=C(Nc1ccc(Cl)c(Br)c1)c1ccc(I)c(Cl)c1. The van der Waals surface area contributed by atoms with Gasteiger partial charge in [-0.05, 0) is 74.9 Å². The first-order chi connectivity index (χ1) is 8.97. The Kier molecular flexibility index (Phi) is 5.11. The van der Waals surface area contributed by atoms with Gasteiger partial charge in [-0.15, -0.1) is 0 Å². The van der Waals surface area contributed by atoms with E-state index in [1.165, 1.54) is 0 Å². The van der Waals surface area contributed by atoms with Crippen LogP contribution in [0.4, 0.5) is 5.69 Å². The van der Waals surface area contributed by atoms with Crippen LogP contribution in [0.1, 0.15) is 10.4 Å². The smallest absolute Gasteiger partial charge is 0.255 e. The van der Waals surface area contributed by atoms with E-state index in [-0.39, 0.29) is 5.91 Å². The molecule has 0 bridgehead atoms. The fraction of sp³-hybridized carbons (Fsp3) is 0. The third kappa shape index (κ3) is 3.84. The molecular weight excluding hydrogens is 464 g/mol. The predicted molar refractivity (Wildman–Crippen MR) is 91.3 cm³/mol. The fourth-order valence-corrected chi connectivity index (χ4v) is 2.43. The second-order valence-corrected chi connectivity index (χ2v) is 6.54. The summed E-state index contributed by atoms with van der Waals surface area (Å²) in [6, 6.07) is 10.4.